The minimum absolute atomic E-state index is 0.220. The van der Waals surface area contributed by atoms with Crippen molar-refractivity contribution in [2.45, 2.75) is 47.0 Å². The minimum Gasteiger partial charge on any atom is -0.464 e. The Labute approximate surface area is 203 Å². The van der Waals surface area contributed by atoms with Gasteiger partial charge in [0.1, 0.15) is 0 Å². The molecule has 1 aliphatic carbocycles. The molecule has 0 saturated carbocycles. The molecule has 34 heavy (non-hydrogen) atoms. The molecule has 0 aromatic heterocycles. The third-order valence-corrected chi connectivity index (χ3v) is 6.64. The molecule has 2 aromatic carbocycles. The number of carbonyl (C=O) groups excluding carboxylic acids is 2. The van der Waals surface area contributed by atoms with Crippen LogP contribution in [0.5, 0.6) is 0 Å². The smallest absolute Gasteiger partial charge is 0.327 e. The number of carbonyl (C=O) groups is 2. The summed E-state index contributed by atoms with van der Waals surface area (Å²) in [5.74, 6) is -0.598. The van der Waals surface area contributed by atoms with Crippen LogP contribution in [0.2, 0.25) is 0 Å². The summed E-state index contributed by atoms with van der Waals surface area (Å²) in [4.78, 5) is 26.3. The van der Waals surface area contributed by atoms with Crippen molar-refractivity contribution in [1.29, 1.82) is 0 Å². The van der Waals surface area contributed by atoms with Crippen LogP contribution >= 0.6 is 0 Å². The van der Waals surface area contributed by atoms with Crippen molar-refractivity contribution < 1.29 is 19.1 Å². The lowest BCUT2D eigenvalue weighted by Gasteiger charge is -2.29. The van der Waals surface area contributed by atoms with E-state index in [1.54, 1.807) is 6.08 Å². The molecule has 1 aliphatic rings. The molecule has 4 nitrogen and oxygen atoms in total. The largest absolute Gasteiger partial charge is 0.464 e. The van der Waals surface area contributed by atoms with Gasteiger partial charge in [0.25, 0.3) is 0 Å². The zero-order valence-electron chi connectivity index (χ0n) is 20.8. The summed E-state index contributed by atoms with van der Waals surface area (Å²) in [7, 11) is 0. The Bertz CT molecular complexity index is 992. The topological polar surface area (TPSA) is 52.6 Å². The van der Waals surface area contributed by atoms with Crippen molar-refractivity contribution >= 4 is 17.5 Å². The Kier molecular flexibility index (Phi) is 8.86. The lowest BCUT2D eigenvalue weighted by atomic mass is 9.78. The van der Waals surface area contributed by atoms with Gasteiger partial charge in [0.05, 0.1) is 13.2 Å². The highest BCUT2D eigenvalue weighted by Gasteiger charge is 2.47. The molecule has 0 N–H and O–H groups in total. The van der Waals surface area contributed by atoms with Crippen LogP contribution in [0.3, 0.4) is 0 Å². The Balaban J connectivity index is 1.79. The molecule has 0 radical (unpaired) electrons. The fourth-order valence-electron chi connectivity index (χ4n) is 3.65. The van der Waals surface area contributed by atoms with Gasteiger partial charge in [-0.15, -0.1) is 0 Å². The number of allylic oxidation sites excluding steroid dienone is 3. The maximum Gasteiger partial charge on any atom is 0.327 e. The van der Waals surface area contributed by atoms with Crippen LogP contribution in [-0.4, -0.2) is 25.2 Å². The van der Waals surface area contributed by atoms with Crippen molar-refractivity contribution in [3.05, 3.63) is 78.4 Å². The van der Waals surface area contributed by atoms with E-state index in [0.29, 0.717) is 13.2 Å². The second-order valence-electron chi connectivity index (χ2n) is 9.34. The molecule has 2 aromatic rings. The van der Waals surface area contributed by atoms with E-state index < -0.39 is 17.4 Å². The number of hydrogen-bond donors (Lipinski definition) is 0. The lowest BCUT2D eigenvalue weighted by Crippen LogP contribution is -2.42. The van der Waals surface area contributed by atoms with Crippen LogP contribution in [0.4, 0.5) is 0 Å². The standard InChI is InChI=1S/C30H36O4/c1-5-22(3)20-33-28(31)30(29(32)34-21-23(4)6-2)18-16-27(17-19-30)26-14-12-25(13-15-26)24-10-8-7-9-11-24/h7-18,22-23H,5-6,19-21H2,1-4H3/t22-,23-/m0/s1. The highest BCUT2D eigenvalue weighted by molar-refractivity contribution is 6.04. The van der Waals surface area contributed by atoms with Gasteiger partial charge < -0.3 is 9.47 Å². The van der Waals surface area contributed by atoms with Crippen molar-refractivity contribution in [2.75, 3.05) is 13.2 Å². The van der Waals surface area contributed by atoms with Crippen LogP contribution in [0.15, 0.2) is 72.8 Å². The molecule has 0 amide bonds. The zero-order chi connectivity index (χ0) is 24.6. The van der Waals surface area contributed by atoms with Crippen molar-refractivity contribution in [1.82, 2.24) is 0 Å². The first-order valence-corrected chi connectivity index (χ1v) is 12.3. The average molecular weight is 461 g/mol. The molecule has 0 aliphatic heterocycles. The first kappa shape index (κ1) is 25.5. The first-order chi connectivity index (χ1) is 16.4. The molecular formula is C30H36O4. The molecule has 0 unspecified atom stereocenters. The fraction of sp³-hybridized carbons (Fsp3) is 0.400. The van der Waals surface area contributed by atoms with Crippen LogP contribution in [0, 0.1) is 17.3 Å². The van der Waals surface area contributed by atoms with E-state index in [1.165, 1.54) is 0 Å². The van der Waals surface area contributed by atoms with E-state index in [-0.39, 0.29) is 18.3 Å². The van der Waals surface area contributed by atoms with E-state index >= 15 is 0 Å². The summed E-state index contributed by atoms with van der Waals surface area (Å²) in [5.41, 5.74) is 2.87. The molecule has 0 heterocycles. The number of benzene rings is 2. The van der Waals surface area contributed by atoms with E-state index in [1.807, 2.05) is 58.0 Å². The minimum atomic E-state index is -1.44. The molecule has 4 heteroatoms. The molecule has 3 rings (SSSR count). The molecule has 180 valence electrons. The van der Waals surface area contributed by atoms with Crippen molar-refractivity contribution in [3.8, 4) is 11.1 Å². The summed E-state index contributed by atoms with van der Waals surface area (Å²) >= 11 is 0. The van der Waals surface area contributed by atoms with Crippen molar-refractivity contribution in [3.63, 3.8) is 0 Å². The highest BCUT2D eigenvalue weighted by Crippen LogP contribution is 2.36. The Morgan fingerprint density at radius 1 is 0.794 bits per heavy atom. The fourth-order valence-corrected chi connectivity index (χ4v) is 3.65. The quantitative estimate of drug-likeness (QED) is 0.287. The number of esters is 2. The monoisotopic (exact) mass is 460 g/mol. The maximum absolute atomic E-state index is 13.1. The van der Waals surface area contributed by atoms with Crippen LogP contribution in [-0.2, 0) is 19.1 Å². The summed E-state index contributed by atoms with van der Waals surface area (Å²) in [6.07, 6.45) is 7.47. The summed E-state index contributed by atoms with van der Waals surface area (Å²) < 4.78 is 11.2. The van der Waals surface area contributed by atoms with Gasteiger partial charge >= 0.3 is 11.9 Å². The van der Waals surface area contributed by atoms with Gasteiger partial charge in [0.15, 0.2) is 5.41 Å². The van der Waals surface area contributed by atoms with Gasteiger partial charge in [-0.3, -0.25) is 9.59 Å². The predicted octanol–water partition coefficient (Wildman–Crippen LogP) is 6.86. The maximum atomic E-state index is 13.1. The van der Waals surface area contributed by atoms with Crippen LogP contribution in [0.25, 0.3) is 16.7 Å². The average Bonchev–Trinajstić information content (AvgIpc) is 2.90. The number of rotatable bonds is 10. The Morgan fingerprint density at radius 2 is 1.29 bits per heavy atom. The molecule has 0 bridgehead atoms. The van der Waals surface area contributed by atoms with E-state index in [2.05, 4.69) is 36.4 Å². The molecule has 2 atom stereocenters. The highest BCUT2D eigenvalue weighted by atomic mass is 16.6. The third kappa shape index (κ3) is 6.05. The van der Waals surface area contributed by atoms with E-state index in [9.17, 15) is 9.59 Å². The van der Waals surface area contributed by atoms with E-state index in [4.69, 9.17) is 9.47 Å². The lowest BCUT2D eigenvalue weighted by molar-refractivity contribution is -0.169. The van der Waals surface area contributed by atoms with E-state index in [0.717, 1.165) is 35.1 Å². The summed E-state index contributed by atoms with van der Waals surface area (Å²) in [6, 6.07) is 18.5. The molecule has 0 saturated heterocycles. The van der Waals surface area contributed by atoms with Crippen LogP contribution in [0.1, 0.15) is 52.5 Å². The third-order valence-electron chi connectivity index (χ3n) is 6.64. The Hall–Kier alpha value is -3.14. The second-order valence-corrected chi connectivity index (χ2v) is 9.34. The van der Waals surface area contributed by atoms with Crippen LogP contribution < -0.4 is 0 Å². The van der Waals surface area contributed by atoms with Gasteiger partial charge in [-0.1, -0.05) is 113 Å². The summed E-state index contributed by atoms with van der Waals surface area (Å²) in [5, 5.41) is 0. The Morgan fingerprint density at radius 3 is 1.76 bits per heavy atom. The zero-order valence-corrected chi connectivity index (χ0v) is 20.8. The molecule has 0 fully saturated rings. The molecular weight excluding hydrogens is 424 g/mol. The number of hydrogen-bond acceptors (Lipinski definition) is 4. The van der Waals surface area contributed by atoms with Gasteiger partial charge in [0, 0.05) is 0 Å². The summed E-state index contributed by atoms with van der Waals surface area (Å²) in [6.45, 7) is 8.73. The van der Waals surface area contributed by atoms with Gasteiger partial charge in [-0.05, 0) is 40.5 Å². The van der Waals surface area contributed by atoms with Crippen molar-refractivity contribution in [2.24, 2.45) is 17.3 Å². The number of ether oxygens (including phenoxy) is 2. The van der Waals surface area contributed by atoms with Gasteiger partial charge in [-0.2, -0.15) is 0 Å². The second kappa shape index (κ2) is 11.8. The van der Waals surface area contributed by atoms with Gasteiger partial charge in [-0.25, -0.2) is 0 Å². The molecule has 0 spiro atoms. The predicted molar refractivity (Wildman–Crippen MR) is 137 cm³/mol. The van der Waals surface area contributed by atoms with Gasteiger partial charge in [0.2, 0.25) is 0 Å². The normalized spacial score (nSPS) is 16.3. The SMILES string of the molecule is CC[C@H](C)COC(=O)C1(C(=O)OC[C@@H](C)CC)C=CC(c2ccc(-c3ccccc3)cc2)=CC1. The first-order valence-electron chi connectivity index (χ1n) is 12.3.